The van der Waals surface area contributed by atoms with E-state index >= 15 is 0 Å². The highest BCUT2D eigenvalue weighted by Crippen LogP contribution is 2.11. The van der Waals surface area contributed by atoms with Crippen molar-refractivity contribution in [1.82, 2.24) is 10.6 Å². The first-order valence-corrected chi connectivity index (χ1v) is 9.00. The van der Waals surface area contributed by atoms with E-state index in [0.717, 1.165) is 5.56 Å². The molecule has 0 heterocycles. The van der Waals surface area contributed by atoms with E-state index < -0.39 is 24.1 Å². The molecule has 2 N–H and O–H groups in total. The molecule has 0 bridgehead atoms. The maximum absolute atomic E-state index is 12.5. The summed E-state index contributed by atoms with van der Waals surface area (Å²) in [6.07, 6.45) is -0.623. The Morgan fingerprint density at radius 2 is 1.69 bits per heavy atom. The van der Waals surface area contributed by atoms with Gasteiger partial charge in [-0.05, 0) is 30.2 Å². The lowest BCUT2D eigenvalue weighted by Crippen LogP contribution is -2.45. The van der Waals surface area contributed by atoms with E-state index in [-0.39, 0.29) is 11.8 Å². The number of benzene rings is 1. The molecule has 142 valence electrons. The molecule has 2 atom stereocenters. The normalized spacial score (nSPS) is 13.0. The summed E-state index contributed by atoms with van der Waals surface area (Å²) < 4.78 is 5.32. The molecular weight excluding hydrogens is 330 g/mol. The largest absolute Gasteiger partial charge is 0.436 e. The number of carbonyl (C=O) groups is 2. The number of rotatable bonds is 9. The molecule has 0 spiro atoms. The van der Waals surface area contributed by atoms with Crippen LogP contribution in [0.25, 0.3) is 0 Å². The highest BCUT2D eigenvalue weighted by molar-refractivity contribution is 5.83. The lowest BCUT2D eigenvalue weighted by molar-refractivity contribution is -0.130. The summed E-state index contributed by atoms with van der Waals surface area (Å²) in [4.78, 5) is 24.5. The number of nitrogens with one attached hydrogen (secondary N) is 2. The van der Waals surface area contributed by atoms with Crippen molar-refractivity contribution in [2.45, 2.75) is 59.2 Å². The minimum absolute atomic E-state index is 0.165. The molecule has 26 heavy (non-hydrogen) atoms. The fraction of sp³-hybridized carbons (Fsp3) is 0.550. The van der Waals surface area contributed by atoms with E-state index in [4.69, 9.17) is 4.74 Å². The van der Waals surface area contributed by atoms with Crippen LogP contribution in [-0.4, -0.2) is 24.1 Å². The average molecular weight is 359 g/mol. The van der Waals surface area contributed by atoms with Gasteiger partial charge >= 0.3 is 6.09 Å². The Morgan fingerprint density at radius 1 is 1.08 bits per heavy atom. The number of amides is 2. The molecule has 0 saturated heterocycles. The molecule has 1 aromatic carbocycles. The molecular formula is C20H29N3O3. The van der Waals surface area contributed by atoms with Gasteiger partial charge in [-0.2, -0.15) is 5.26 Å². The van der Waals surface area contributed by atoms with Crippen molar-refractivity contribution in [3.05, 3.63) is 35.9 Å². The molecule has 6 nitrogen and oxygen atoms in total. The molecule has 0 aliphatic carbocycles. The van der Waals surface area contributed by atoms with Crippen LogP contribution >= 0.6 is 0 Å². The molecule has 2 amide bonds. The van der Waals surface area contributed by atoms with Gasteiger partial charge in [-0.3, -0.25) is 4.79 Å². The summed E-state index contributed by atoms with van der Waals surface area (Å²) in [6.45, 7) is 8.18. The standard InChI is InChI=1S/C20H29N3O3/c1-14(2)10-17(12-21)23-19(24)18(11-15(3)4)26-20(25)22-13-16-8-6-5-7-9-16/h5-9,14-15,17-18H,10-11,13H2,1-4H3,(H,22,25)(H,23,24)/t17-,18-/m0/s1. The van der Waals surface area contributed by atoms with Gasteiger partial charge in [0.1, 0.15) is 6.04 Å². The predicted molar refractivity (Wildman–Crippen MR) is 100 cm³/mol. The Morgan fingerprint density at radius 3 is 2.23 bits per heavy atom. The van der Waals surface area contributed by atoms with Gasteiger partial charge in [0.2, 0.25) is 0 Å². The Balaban J connectivity index is 2.62. The van der Waals surface area contributed by atoms with Crippen molar-refractivity contribution in [2.75, 3.05) is 0 Å². The van der Waals surface area contributed by atoms with Crippen molar-refractivity contribution in [2.24, 2.45) is 11.8 Å². The summed E-state index contributed by atoms with van der Waals surface area (Å²) >= 11 is 0. The minimum atomic E-state index is -0.922. The third kappa shape index (κ3) is 8.52. The number of carbonyl (C=O) groups excluding carboxylic acids is 2. The van der Waals surface area contributed by atoms with Gasteiger partial charge in [0.15, 0.2) is 6.10 Å². The quantitative estimate of drug-likeness (QED) is 0.707. The zero-order valence-corrected chi connectivity index (χ0v) is 16.0. The van der Waals surface area contributed by atoms with Crippen LogP contribution in [0.4, 0.5) is 4.79 Å². The molecule has 0 unspecified atom stereocenters. The van der Waals surface area contributed by atoms with Gasteiger partial charge in [0, 0.05) is 6.54 Å². The van der Waals surface area contributed by atoms with Crippen molar-refractivity contribution in [3.63, 3.8) is 0 Å². The monoisotopic (exact) mass is 359 g/mol. The average Bonchev–Trinajstić information content (AvgIpc) is 2.58. The molecule has 0 saturated carbocycles. The van der Waals surface area contributed by atoms with Crippen LogP contribution in [0, 0.1) is 23.2 Å². The summed E-state index contributed by atoms with van der Waals surface area (Å²) in [6, 6.07) is 10.9. The topological polar surface area (TPSA) is 91.2 Å². The third-order valence-electron chi connectivity index (χ3n) is 3.69. The number of hydrogen-bond acceptors (Lipinski definition) is 4. The van der Waals surface area contributed by atoms with Crippen molar-refractivity contribution < 1.29 is 14.3 Å². The van der Waals surface area contributed by atoms with Gasteiger partial charge < -0.3 is 15.4 Å². The van der Waals surface area contributed by atoms with Crippen molar-refractivity contribution >= 4 is 12.0 Å². The van der Waals surface area contributed by atoms with Crippen LogP contribution < -0.4 is 10.6 Å². The van der Waals surface area contributed by atoms with Crippen LogP contribution in [0.1, 0.15) is 46.1 Å². The van der Waals surface area contributed by atoms with E-state index in [1.807, 2.05) is 58.0 Å². The minimum Gasteiger partial charge on any atom is -0.436 e. The van der Waals surface area contributed by atoms with E-state index in [0.29, 0.717) is 19.4 Å². The third-order valence-corrected chi connectivity index (χ3v) is 3.69. The van der Waals surface area contributed by atoms with Gasteiger partial charge in [-0.1, -0.05) is 58.0 Å². The lowest BCUT2D eigenvalue weighted by Gasteiger charge is -2.21. The molecule has 0 aromatic heterocycles. The summed E-state index contributed by atoms with van der Waals surface area (Å²) in [5.74, 6) is 0.0117. The first-order chi connectivity index (χ1) is 12.3. The summed E-state index contributed by atoms with van der Waals surface area (Å²) in [5.41, 5.74) is 0.941. The molecule has 6 heteroatoms. The van der Waals surface area contributed by atoms with Crippen LogP contribution in [-0.2, 0) is 16.1 Å². The van der Waals surface area contributed by atoms with Gasteiger partial charge in [-0.15, -0.1) is 0 Å². The van der Waals surface area contributed by atoms with E-state index in [1.165, 1.54) is 0 Å². The van der Waals surface area contributed by atoms with Crippen LogP contribution in [0.5, 0.6) is 0 Å². The Hall–Kier alpha value is -2.55. The van der Waals surface area contributed by atoms with Gasteiger partial charge in [0.05, 0.1) is 6.07 Å². The SMILES string of the molecule is CC(C)C[C@@H](C#N)NC(=O)[C@H](CC(C)C)OC(=O)NCc1ccccc1. The number of ether oxygens (including phenoxy) is 1. The second-order valence-electron chi connectivity index (χ2n) is 7.18. The second-order valence-corrected chi connectivity index (χ2v) is 7.18. The molecule has 0 aliphatic rings. The molecule has 1 rings (SSSR count). The zero-order chi connectivity index (χ0) is 19.5. The second kappa shape index (κ2) is 11.1. The van der Waals surface area contributed by atoms with Crippen molar-refractivity contribution in [1.29, 1.82) is 5.26 Å². The first-order valence-electron chi connectivity index (χ1n) is 9.00. The lowest BCUT2D eigenvalue weighted by atomic mass is 10.0. The number of alkyl carbamates (subject to hydrolysis) is 1. The maximum Gasteiger partial charge on any atom is 0.408 e. The molecule has 0 fully saturated rings. The van der Waals surface area contributed by atoms with Crippen molar-refractivity contribution in [3.8, 4) is 6.07 Å². The Kier molecular flexibility index (Phi) is 9.21. The highest BCUT2D eigenvalue weighted by Gasteiger charge is 2.26. The van der Waals surface area contributed by atoms with Crippen LogP contribution in [0.3, 0.4) is 0 Å². The molecule has 0 aliphatic heterocycles. The van der Waals surface area contributed by atoms with E-state index in [9.17, 15) is 14.9 Å². The van der Waals surface area contributed by atoms with Crippen LogP contribution in [0.15, 0.2) is 30.3 Å². The van der Waals surface area contributed by atoms with Crippen LogP contribution in [0.2, 0.25) is 0 Å². The number of nitrogens with zero attached hydrogens (tertiary/aromatic N) is 1. The fourth-order valence-electron chi connectivity index (χ4n) is 2.46. The Bertz CT molecular complexity index is 608. The summed E-state index contributed by atoms with van der Waals surface area (Å²) in [5, 5.41) is 14.5. The highest BCUT2D eigenvalue weighted by atomic mass is 16.6. The zero-order valence-electron chi connectivity index (χ0n) is 16.0. The number of nitriles is 1. The maximum atomic E-state index is 12.5. The Labute approximate surface area is 155 Å². The summed E-state index contributed by atoms with van der Waals surface area (Å²) in [7, 11) is 0. The number of hydrogen-bond donors (Lipinski definition) is 2. The fourth-order valence-corrected chi connectivity index (χ4v) is 2.46. The molecule has 1 aromatic rings. The van der Waals surface area contributed by atoms with Gasteiger partial charge in [0.25, 0.3) is 5.91 Å². The predicted octanol–water partition coefficient (Wildman–Crippen LogP) is 3.38. The van der Waals surface area contributed by atoms with Gasteiger partial charge in [-0.25, -0.2) is 4.79 Å². The first kappa shape index (κ1) is 21.5. The smallest absolute Gasteiger partial charge is 0.408 e. The van der Waals surface area contributed by atoms with E-state index in [1.54, 1.807) is 0 Å². The van der Waals surface area contributed by atoms with E-state index in [2.05, 4.69) is 16.7 Å². The molecule has 0 radical (unpaired) electrons.